The lowest BCUT2D eigenvalue weighted by Gasteiger charge is -2.23. The Kier molecular flexibility index (Phi) is 4.67. The van der Waals surface area contributed by atoms with Crippen LogP contribution in [-0.4, -0.2) is 47.1 Å². The lowest BCUT2D eigenvalue weighted by atomic mass is 9.98. The molecular weight excluding hydrogens is 330 g/mol. The summed E-state index contributed by atoms with van der Waals surface area (Å²) in [4.78, 5) is 22.9. The van der Waals surface area contributed by atoms with Crippen molar-refractivity contribution in [2.45, 2.75) is 13.3 Å². The summed E-state index contributed by atoms with van der Waals surface area (Å²) in [6, 6.07) is 8.21. The predicted molar refractivity (Wildman–Crippen MR) is 96.9 cm³/mol. The van der Waals surface area contributed by atoms with Crippen molar-refractivity contribution < 1.29 is 13.9 Å². The first-order chi connectivity index (χ1) is 12.7. The molecule has 1 saturated heterocycles. The van der Waals surface area contributed by atoms with Gasteiger partial charge in [0.2, 0.25) is 0 Å². The van der Waals surface area contributed by atoms with Crippen LogP contribution in [0.4, 0.5) is 0 Å². The van der Waals surface area contributed by atoms with Crippen LogP contribution in [0.1, 0.15) is 21.7 Å². The first-order valence-corrected chi connectivity index (χ1v) is 8.81. The van der Waals surface area contributed by atoms with Gasteiger partial charge in [0.25, 0.3) is 5.91 Å². The Morgan fingerprint density at radius 2 is 2.12 bits per heavy atom. The zero-order chi connectivity index (χ0) is 17.9. The van der Waals surface area contributed by atoms with Crippen LogP contribution in [0, 0.1) is 12.8 Å². The van der Waals surface area contributed by atoms with E-state index in [9.17, 15) is 4.79 Å². The lowest BCUT2D eigenvalue weighted by Crippen LogP contribution is -2.36. The molecule has 0 spiro atoms. The highest BCUT2D eigenvalue weighted by Crippen LogP contribution is 2.21. The quantitative estimate of drug-likeness (QED) is 0.726. The molecule has 134 valence electrons. The molecule has 0 bridgehead atoms. The number of aromatic nitrogens is 2. The number of benzene rings is 1. The molecule has 0 radical (unpaired) electrons. The number of fused-ring (bicyclic) bond motifs is 1. The van der Waals surface area contributed by atoms with E-state index in [2.05, 4.69) is 28.2 Å². The van der Waals surface area contributed by atoms with E-state index >= 15 is 0 Å². The van der Waals surface area contributed by atoms with Gasteiger partial charge in [0.15, 0.2) is 0 Å². The molecule has 1 aliphatic heterocycles. The molecule has 4 rings (SSSR count). The van der Waals surface area contributed by atoms with Gasteiger partial charge in [-0.05, 0) is 31.0 Å². The van der Waals surface area contributed by atoms with Crippen molar-refractivity contribution in [2.24, 2.45) is 5.92 Å². The Balaban J connectivity index is 1.48. The van der Waals surface area contributed by atoms with Gasteiger partial charge in [-0.3, -0.25) is 4.79 Å². The molecule has 1 amide bonds. The SMILES string of the molecule is Cc1ncc(C(=O)N2CCOCC(Cc3ccc4ccoc4c3)C2)cn1. The topological polar surface area (TPSA) is 68.5 Å². The maximum absolute atomic E-state index is 12.8. The number of nitrogens with zero attached hydrogens (tertiary/aromatic N) is 3. The van der Waals surface area contributed by atoms with Crippen molar-refractivity contribution in [1.82, 2.24) is 14.9 Å². The lowest BCUT2D eigenvalue weighted by molar-refractivity contribution is 0.0736. The zero-order valence-electron chi connectivity index (χ0n) is 14.7. The minimum Gasteiger partial charge on any atom is -0.464 e. The van der Waals surface area contributed by atoms with Crippen LogP contribution in [0.5, 0.6) is 0 Å². The third-order valence-electron chi connectivity index (χ3n) is 4.70. The van der Waals surface area contributed by atoms with Crippen LogP contribution < -0.4 is 0 Å². The Morgan fingerprint density at radius 1 is 1.27 bits per heavy atom. The monoisotopic (exact) mass is 351 g/mol. The number of rotatable bonds is 3. The normalized spacial score (nSPS) is 18.0. The van der Waals surface area contributed by atoms with E-state index in [0.717, 1.165) is 17.4 Å². The fourth-order valence-electron chi connectivity index (χ4n) is 3.33. The molecule has 0 aliphatic carbocycles. The standard InChI is InChI=1S/C20H21N3O3/c1-14-21-10-18(11-22-14)20(24)23-5-7-25-13-16(12-23)8-15-2-3-17-4-6-26-19(17)9-15/h2-4,6,9-11,16H,5,7-8,12-13H2,1H3. The first kappa shape index (κ1) is 16.7. The molecule has 3 aromatic rings. The first-order valence-electron chi connectivity index (χ1n) is 8.81. The zero-order valence-corrected chi connectivity index (χ0v) is 14.7. The number of furan rings is 1. The number of carbonyl (C=O) groups is 1. The second kappa shape index (κ2) is 7.25. The van der Waals surface area contributed by atoms with Crippen molar-refractivity contribution in [2.75, 3.05) is 26.3 Å². The molecule has 1 unspecified atom stereocenters. The van der Waals surface area contributed by atoms with Crippen LogP contribution in [0.15, 0.2) is 47.3 Å². The molecule has 0 N–H and O–H groups in total. The van der Waals surface area contributed by atoms with Crippen LogP contribution >= 0.6 is 0 Å². The average molecular weight is 351 g/mol. The number of carbonyl (C=O) groups excluding carboxylic acids is 1. The smallest absolute Gasteiger partial charge is 0.257 e. The molecule has 26 heavy (non-hydrogen) atoms. The number of ether oxygens (including phenoxy) is 1. The average Bonchev–Trinajstić information content (AvgIpc) is 2.99. The number of hydrogen-bond acceptors (Lipinski definition) is 5. The molecule has 3 heterocycles. The van der Waals surface area contributed by atoms with Crippen LogP contribution in [-0.2, 0) is 11.2 Å². The third-order valence-corrected chi connectivity index (χ3v) is 4.70. The van der Waals surface area contributed by atoms with Crippen molar-refractivity contribution in [3.63, 3.8) is 0 Å². The van der Waals surface area contributed by atoms with Crippen molar-refractivity contribution in [3.8, 4) is 0 Å². The molecule has 6 nitrogen and oxygen atoms in total. The largest absolute Gasteiger partial charge is 0.464 e. The summed E-state index contributed by atoms with van der Waals surface area (Å²) < 4.78 is 11.2. The van der Waals surface area contributed by atoms with Gasteiger partial charge >= 0.3 is 0 Å². The van der Waals surface area contributed by atoms with Crippen molar-refractivity contribution >= 4 is 16.9 Å². The summed E-state index contributed by atoms with van der Waals surface area (Å²) in [5.74, 6) is 0.856. The number of aryl methyl sites for hydroxylation is 1. The Morgan fingerprint density at radius 3 is 2.96 bits per heavy atom. The fourth-order valence-corrected chi connectivity index (χ4v) is 3.33. The van der Waals surface area contributed by atoms with Gasteiger partial charge in [-0.2, -0.15) is 0 Å². The second-order valence-corrected chi connectivity index (χ2v) is 6.71. The number of hydrogen-bond donors (Lipinski definition) is 0. The number of amides is 1. The summed E-state index contributed by atoms with van der Waals surface area (Å²) in [7, 11) is 0. The van der Waals surface area contributed by atoms with Crippen LogP contribution in [0.2, 0.25) is 0 Å². The molecule has 1 aliphatic rings. The molecule has 1 atom stereocenters. The third kappa shape index (κ3) is 3.60. The summed E-state index contributed by atoms with van der Waals surface area (Å²) >= 11 is 0. The summed E-state index contributed by atoms with van der Waals surface area (Å²) in [6.45, 7) is 4.24. The van der Waals surface area contributed by atoms with Gasteiger partial charge in [-0.25, -0.2) is 9.97 Å². The van der Waals surface area contributed by atoms with E-state index in [1.165, 1.54) is 5.56 Å². The Hall–Kier alpha value is -2.73. The van der Waals surface area contributed by atoms with Crippen LogP contribution in [0.25, 0.3) is 11.0 Å². The predicted octanol–water partition coefficient (Wildman–Crippen LogP) is 2.86. The molecule has 2 aromatic heterocycles. The van der Waals surface area contributed by atoms with E-state index in [0.29, 0.717) is 37.7 Å². The van der Waals surface area contributed by atoms with Gasteiger partial charge < -0.3 is 14.1 Å². The van der Waals surface area contributed by atoms with Gasteiger partial charge in [-0.15, -0.1) is 0 Å². The molecule has 1 aromatic carbocycles. The summed E-state index contributed by atoms with van der Waals surface area (Å²) in [6.07, 6.45) is 5.73. The molecule has 1 fully saturated rings. The van der Waals surface area contributed by atoms with Crippen LogP contribution in [0.3, 0.4) is 0 Å². The Bertz CT molecular complexity index is 904. The maximum atomic E-state index is 12.8. The van der Waals surface area contributed by atoms with Gasteiger partial charge in [-0.1, -0.05) is 12.1 Å². The van der Waals surface area contributed by atoms with E-state index in [1.807, 2.05) is 11.0 Å². The van der Waals surface area contributed by atoms with E-state index < -0.39 is 0 Å². The summed E-state index contributed by atoms with van der Waals surface area (Å²) in [5.41, 5.74) is 2.60. The van der Waals surface area contributed by atoms with Crippen molar-refractivity contribution in [3.05, 3.63) is 59.9 Å². The highest BCUT2D eigenvalue weighted by molar-refractivity contribution is 5.93. The van der Waals surface area contributed by atoms with E-state index in [1.54, 1.807) is 25.6 Å². The van der Waals surface area contributed by atoms with E-state index in [4.69, 9.17) is 9.15 Å². The minimum atomic E-state index is -0.0398. The fraction of sp³-hybridized carbons (Fsp3) is 0.350. The molecular formula is C20H21N3O3. The molecule has 0 saturated carbocycles. The van der Waals surface area contributed by atoms with Gasteiger partial charge in [0.1, 0.15) is 11.4 Å². The highest BCUT2D eigenvalue weighted by atomic mass is 16.5. The van der Waals surface area contributed by atoms with Gasteiger partial charge in [0.05, 0.1) is 25.0 Å². The summed E-state index contributed by atoms with van der Waals surface area (Å²) in [5, 5.41) is 1.10. The van der Waals surface area contributed by atoms with Crippen molar-refractivity contribution in [1.29, 1.82) is 0 Å². The highest BCUT2D eigenvalue weighted by Gasteiger charge is 2.24. The minimum absolute atomic E-state index is 0.0398. The maximum Gasteiger partial charge on any atom is 0.257 e. The second-order valence-electron chi connectivity index (χ2n) is 6.71. The van der Waals surface area contributed by atoms with Gasteiger partial charge in [0, 0.05) is 36.8 Å². The van der Waals surface area contributed by atoms with E-state index in [-0.39, 0.29) is 11.8 Å². The molecule has 6 heteroatoms. The Labute approximate surface area is 151 Å².